The second-order valence-electron chi connectivity index (χ2n) is 6.08. The maximum absolute atomic E-state index is 13.7. The first-order chi connectivity index (χ1) is 12.8. The fourth-order valence-corrected chi connectivity index (χ4v) is 3.56. The molecule has 2 heterocycles. The van der Waals surface area contributed by atoms with Crippen molar-refractivity contribution >= 4 is 23.2 Å². The zero-order chi connectivity index (χ0) is 17.8. The highest BCUT2D eigenvalue weighted by atomic mass is 32.1. The van der Waals surface area contributed by atoms with Gasteiger partial charge >= 0.3 is 0 Å². The van der Waals surface area contributed by atoms with Crippen molar-refractivity contribution in [3.8, 4) is 5.88 Å². The van der Waals surface area contributed by atoms with Gasteiger partial charge in [0.25, 0.3) is 5.88 Å². The van der Waals surface area contributed by atoms with Crippen LogP contribution in [-0.4, -0.2) is 34.9 Å². The first-order valence-corrected chi connectivity index (χ1v) is 9.28. The molecule has 5 nitrogen and oxygen atoms in total. The molecule has 1 aliphatic heterocycles. The highest BCUT2D eigenvalue weighted by Gasteiger charge is 2.23. The van der Waals surface area contributed by atoms with Crippen LogP contribution in [0.25, 0.3) is 0 Å². The molecule has 2 aromatic carbocycles. The first-order valence-electron chi connectivity index (χ1n) is 8.55. The zero-order valence-corrected chi connectivity index (χ0v) is 15.0. The third kappa shape index (κ3) is 3.62. The van der Waals surface area contributed by atoms with Crippen molar-refractivity contribution in [2.75, 3.05) is 36.0 Å². The summed E-state index contributed by atoms with van der Waals surface area (Å²) in [4.78, 5) is 4.54. The van der Waals surface area contributed by atoms with Gasteiger partial charge in [0.2, 0.25) is 5.82 Å². The van der Waals surface area contributed by atoms with Gasteiger partial charge in [-0.25, -0.2) is 4.39 Å². The molecule has 0 aliphatic carbocycles. The number of piperazine rings is 1. The van der Waals surface area contributed by atoms with E-state index in [2.05, 4.69) is 42.8 Å². The minimum absolute atomic E-state index is 0.148. The molecule has 0 bridgehead atoms. The second-order valence-corrected chi connectivity index (χ2v) is 6.61. The molecule has 1 aromatic heterocycles. The summed E-state index contributed by atoms with van der Waals surface area (Å²) < 4.78 is 28.1. The van der Waals surface area contributed by atoms with Crippen LogP contribution in [0.15, 0.2) is 54.6 Å². The van der Waals surface area contributed by atoms with Crippen LogP contribution in [0.1, 0.15) is 5.56 Å². The Bertz CT molecular complexity index is 850. The Hall–Kier alpha value is -2.67. The smallest absolute Gasteiger partial charge is 0.271 e. The molecule has 0 saturated carbocycles. The molecule has 26 heavy (non-hydrogen) atoms. The lowest BCUT2D eigenvalue weighted by Crippen LogP contribution is -2.46. The molecule has 0 N–H and O–H groups in total. The average Bonchev–Trinajstić information content (AvgIpc) is 3.17. The van der Waals surface area contributed by atoms with Gasteiger partial charge in [-0.2, -0.15) is 4.37 Å². The molecule has 7 heteroatoms. The van der Waals surface area contributed by atoms with Gasteiger partial charge < -0.3 is 14.5 Å². The molecule has 4 rings (SSSR count). The van der Waals surface area contributed by atoms with Crippen LogP contribution in [0.4, 0.5) is 15.9 Å². The Morgan fingerprint density at radius 3 is 2.35 bits per heavy atom. The van der Waals surface area contributed by atoms with E-state index in [9.17, 15) is 4.39 Å². The van der Waals surface area contributed by atoms with Gasteiger partial charge in [-0.3, -0.25) is 0 Å². The summed E-state index contributed by atoms with van der Waals surface area (Å²) in [6, 6.07) is 17.0. The van der Waals surface area contributed by atoms with E-state index in [1.165, 1.54) is 11.8 Å². The van der Waals surface area contributed by atoms with Gasteiger partial charge in [0, 0.05) is 37.4 Å². The Kier molecular flexibility index (Phi) is 4.97. The van der Waals surface area contributed by atoms with Crippen molar-refractivity contribution in [2.24, 2.45) is 0 Å². The van der Waals surface area contributed by atoms with Gasteiger partial charge in [0.1, 0.15) is 12.4 Å². The zero-order valence-electron chi connectivity index (χ0n) is 14.2. The van der Waals surface area contributed by atoms with Crippen LogP contribution >= 0.6 is 11.7 Å². The van der Waals surface area contributed by atoms with Gasteiger partial charge in [0.05, 0.1) is 11.7 Å². The highest BCUT2D eigenvalue weighted by Crippen LogP contribution is 2.28. The number of benzene rings is 2. The van der Waals surface area contributed by atoms with E-state index in [0.29, 0.717) is 11.4 Å². The van der Waals surface area contributed by atoms with Gasteiger partial charge in [-0.1, -0.05) is 36.4 Å². The summed E-state index contributed by atoms with van der Waals surface area (Å²) in [5.74, 6) is 0.958. The van der Waals surface area contributed by atoms with Gasteiger partial charge in [-0.05, 0) is 18.2 Å². The van der Waals surface area contributed by atoms with E-state index in [4.69, 9.17) is 4.74 Å². The topological polar surface area (TPSA) is 41.5 Å². The molecule has 1 aliphatic rings. The number of rotatable bonds is 5. The molecule has 0 unspecified atom stereocenters. The van der Waals surface area contributed by atoms with Crippen molar-refractivity contribution in [1.29, 1.82) is 0 Å². The van der Waals surface area contributed by atoms with E-state index in [1.807, 2.05) is 6.07 Å². The van der Waals surface area contributed by atoms with Crippen molar-refractivity contribution in [3.05, 3.63) is 66.0 Å². The Labute approximate surface area is 156 Å². The molecule has 0 amide bonds. The number of hydrogen-bond acceptors (Lipinski definition) is 6. The lowest BCUT2D eigenvalue weighted by molar-refractivity contribution is 0.290. The maximum atomic E-state index is 13.7. The Balaban J connectivity index is 1.39. The summed E-state index contributed by atoms with van der Waals surface area (Å²) >= 11 is 1.12. The molecular weight excluding hydrogens is 351 g/mol. The largest absolute Gasteiger partial charge is 0.469 e. The minimum Gasteiger partial charge on any atom is -0.469 e. The van der Waals surface area contributed by atoms with Crippen molar-refractivity contribution in [1.82, 2.24) is 8.75 Å². The molecule has 1 fully saturated rings. The van der Waals surface area contributed by atoms with E-state index in [0.717, 1.165) is 43.7 Å². The highest BCUT2D eigenvalue weighted by molar-refractivity contribution is 6.99. The number of aromatic nitrogens is 2. The normalized spacial score (nSPS) is 14.5. The van der Waals surface area contributed by atoms with Crippen molar-refractivity contribution in [3.63, 3.8) is 0 Å². The maximum Gasteiger partial charge on any atom is 0.271 e. The number of hydrogen-bond donors (Lipinski definition) is 0. The van der Waals surface area contributed by atoms with E-state index in [1.54, 1.807) is 18.2 Å². The summed E-state index contributed by atoms with van der Waals surface area (Å²) in [6.07, 6.45) is 0. The predicted molar refractivity (Wildman–Crippen MR) is 102 cm³/mol. The van der Waals surface area contributed by atoms with E-state index < -0.39 is 0 Å². The monoisotopic (exact) mass is 370 g/mol. The number of anilines is 2. The molecule has 134 valence electrons. The van der Waals surface area contributed by atoms with Crippen LogP contribution in [0.2, 0.25) is 0 Å². The number of halogens is 1. The second kappa shape index (κ2) is 7.70. The van der Waals surface area contributed by atoms with Crippen LogP contribution < -0.4 is 14.5 Å². The van der Waals surface area contributed by atoms with Gasteiger partial charge in [0.15, 0.2) is 0 Å². The van der Waals surface area contributed by atoms with Crippen LogP contribution in [0.3, 0.4) is 0 Å². The number of para-hydroxylation sites is 1. The number of ether oxygens (including phenoxy) is 1. The molecule has 0 radical (unpaired) electrons. The lowest BCUT2D eigenvalue weighted by atomic mass is 10.2. The quantitative estimate of drug-likeness (QED) is 0.687. The SMILES string of the molecule is Fc1ccccc1COc1nsnc1N1CCN(c2ccccc2)CC1. The van der Waals surface area contributed by atoms with E-state index >= 15 is 0 Å². The standard InChI is InChI=1S/C19H19FN4OS/c20-17-9-5-4-6-15(17)14-25-19-18(21-26-22-19)24-12-10-23(11-13-24)16-7-2-1-3-8-16/h1-9H,10-14H2. The summed E-state index contributed by atoms with van der Waals surface area (Å²) in [6.45, 7) is 3.66. The number of nitrogens with zero attached hydrogens (tertiary/aromatic N) is 4. The summed E-state index contributed by atoms with van der Waals surface area (Å²) in [7, 11) is 0. The van der Waals surface area contributed by atoms with E-state index in [-0.39, 0.29) is 12.4 Å². The molecule has 1 saturated heterocycles. The fraction of sp³-hybridized carbons (Fsp3) is 0.263. The predicted octanol–water partition coefficient (Wildman–Crippen LogP) is 3.58. The Morgan fingerprint density at radius 1 is 0.885 bits per heavy atom. The third-order valence-electron chi connectivity index (χ3n) is 4.47. The minimum atomic E-state index is -0.270. The lowest BCUT2D eigenvalue weighted by Gasteiger charge is -2.36. The van der Waals surface area contributed by atoms with Crippen LogP contribution in [0.5, 0.6) is 5.88 Å². The fourth-order valence-electron chi connectivity index (χ4n) is 3.04. The van der Waals surface area contributed by atoms with Crippen molar-refractivity contribution in [2.45, 2.75) is 6.61 Å². The molecular formula is C19H19FN4OS. The molecule has 0 atom stereocenters. The van der Waals surface area contributed by atoms with Crippen LogP contribution in [0, 0.1) is 5.82 Å². The van der Waals surface area contributed by atoms with Crippen molar-refractivity contribution < 1.29 is 9.13 Å². The first kappa shape index (κ1) is 16.8. The average molecular weight is 370 g/mol. The van der Waals surface area contributed by atoms with Crippen LogP contribution in [-0.2, 0) is 6.61 Å². The Morgan fingerprint density at radius 2 is 1.58 bits per heavy atom. The molecule has 3 aromatic rings. The summed E-state index contributed by atoms with van der Waals surface area (Å²) in [5.41, 5.74) is 1.75. The summed E-state index contributed by atoms with van der Waals surface area (Å²) in [5, 5.41) is 0. The molecule has 0 spiro atoms. The third-order valence-corrected chi connectivity index (χ3v) is 4.97. The van der Waals surface area contributed by atoms with Gasteiger partial charge in [-0.15, -0.1) is 4.37 Å².